The molecule has 1 aliphatic rings. The third-order valence-corrected chi connectivity index (χ3v) is 8.65. The predicted molar refractivity (Wildman–Crippen MR) is 167 cm³/mol. The molecule has 2 aromatic carbocycles. The zero-order valence-corrected chi connectivity index (χ0v) is 27.2. The quantitative estimate of drug-likeness (QED) is 0.165. The van der Waals surface area contributed by atoms with Crippen LogP contribution in [-0.4, -0.2) is 81.3 Å². The van der Waals surface area contributed by atoms with Crippen molar-refractivity contribution >= 4 is 62.8 Å². The van der Waals surface area contributed by atoms with E-state index in [0.717, 1.165) is 32.1 Å². The van der Waals surface area contributed by atoms with Crippen molar-refractivity contribution in [2.45, 2.75) is 63.3 Å². The van der Waals surface area contributed by atoms with E-state index in [1.165, 1.54) is 31.2 Å². The summed E-state index contributed by atoms with van der Waals surface area (Å²) < 4.78 is 61.3. The maximum absolute atomic E-state index is 12.8. The predicted octanol–water partition coefficient (Wildman–Crippen LogP) is 3.40. The Balaban J connectivity index is 1.54. The molecule has 1 saturated heterocycles. The lowest BCUT2D eigenvalue weighted by Gasteiger charge is -2.43. The van der Waals surface area contributed by atoms with Gasteiger partial charge in [0.25, 0.3) is 10.0 Å². The number of anilines is 1. The zero-order valence-electron chi connectivity index (χ0n) is 25.6. The Hall–Kier alpha value is -4.87. The highest BCUT2D eigenvalue weighted by atomic mass is 32.2. The molecule has 1 fully saturated rings. The minimum atomic E-state index is -3.90. The summed E-state index contributed by atoms with van der Waals surface area (Å²) in [5, 5.41) is 1.81. The molecule has 0 aliphatic carbocycles. The van der Waals surface area contributed by atoms with Crippen molar-refractivity contribution in [1.82, 2.24) is 4.98 Å². The van der Waals surface area contributed by atoms with Gasteiger partial charge in [-0.1, -0.05) is 0 Å². The van der Waals surface area contributed by atoms with Crippen LogP contribution in [0.2, 0.25) is 0 Å². The topological polar surface area (TPSA) is 195 Å². The number of thiazole rings is 1. The minimum Gasteiger partial charge on any atom is -0.463 e. The number of hydrogen-bond acceptors (Lipinski definition) is 15. The van der Waals surface area contributed by atoms with Crippen LogP contribution in [0.4, 0.5) is 10.8 Å². The van der Waals surface area contributed by atoms with Crippen LogP contribution in [0.3, 0.4) is 0 Å². The molecule has 1 aromatic heterocycles. The molecule has 2 heterocycles. The van der Waals surface area contributed by atoms with Crippen molar-refractivity contribution in [3.8, 4) is 17.0 Å². The Morgan fingerprint density at radius 1 is 0.872 bits per heavy atom. The molecule has 17 heteroatoms. The van der Waals surface area contributed by atoms with Crippen molar-refractivity contribution < 1.29 is 56.0 Å². The third kappa shape index (κ3) is 9.34. The highest BCUT2D eigenvalue weighted by molar-refractivity contribution is 7.93. The number of aliphatic imine (C=N–C) groups is 1. The molecule has 0 amide bonds. The fraction of sp³-hybridized carbons (Fsp3) is 0.333. The van der Waals surface area contributed by atoms with Crippen LogP contribution in [0, 0.1) is 0 Å². The number of esters is 4. The standard InChI is InChI=1S/C30H31N3O12S2/c1-16(34)40-14-25-26(41-17(2)35)27(42-18(3)36)28(43-19(4)37)29(45-25)44-22-10-6-20(7-11-22)24-15-46-30(32-24)33-47(38,39)23-12-8-21(31-5)9-13-23/h6-13,15,25-29H,5,14H2,1-4H3,(H,32,33)/t25-,26-,27+,28-,29-/m1/s1. The van der Waals surface area contributed by atoms with Gasteiger partial charge in [0.1, 0.15) is 18.5 Å². The molecule has 15 nitrogen and oxygen atoms in total. The van der Waals surface area contributed by atoms with Gasteiger partial charge in [-0.3, -0.25) is 28.9 Å². The number of nitrogens with zero attached hydrogens (tertiary/aromatic N) is 2. The highest BCUT2D eigenvalue weighted by Gasteiger charge is 2.53. The number of hydrogen-bond donors (Lipinski definition) is 1. The van der Waals surface area contributed by atoms with E-state index in [1.54, 1.807) is 29.6 Å². The van der Waals surface area contributed by atoms with Crippen molar-refractivity contribution in [1.29, 1.82) is 0 Å². The molecule has 47 heavy (non-hydrogen) atoms. The summed E-state index contributed by atoms with van der Waals surface area (Å²) in [6.07, 6.45) is -6.67. The maximum atomic E-state index is 12.8. The molecule has 0 bridgehead atoms. The van der Waals surface area contributed by atoms with E-state index in [0.29, 0.717) is 16.9 Å². The number of aromatic nitrogens is 1. The number of ether oxygens (including phenoxy) is 6. The smallest absolute Gasteiger partial charge is 0.303 e. The summed E-state index contributed by atoms with van der Waals surface area (Å²) in [7, 11) is -3.90. The third-order valence-electron chi connectivity index (χ3n) is 6.41. The molecular weight excluding hydrogens is 658 g/mol. The lowest BCUT2D eigenvalue weighted by molar-refractivity contribution is -0.288. The summed E-state index contributed by atoms with van der Waals surface area (Å²) in [5.41, 5.74) is 1.61. The van der Waals surface area contributed by atoms with Gasteiger partial charge in [-0.2, -0.15) is 0 Å². The first-order valence-corrected chi connectivity index (χ1v) is 16.2. The van der Waals surface area contributed by atoms with Crippen molar-refractivity contribution in [3.05, 3.63) is 53.9 Å². The van der Waals surface area contributed by atoms with Crippen LogP contribution < -0.4 is 9.46 Å². The molecule has 0 unspecified atom stereocenters. The summed E-state index contributed by atoms with van der Waals surface area (Å²) in [6, 6.07) is 12.3. The molecule has 4 rings (SSSR count). The van der Waals surface area contributed by atoms with Gasteiger partial charge >= 0.3 is 23.9 Å². The van der Waals surface area contributed by atoms with Crippen LogP contribution in [0.1, 0.15) is 27.7 Å². The van der Waals surface area contributed by atoms with Crippen LogP contribution in [0.15, 0.2) is 63.8 Å². The molecule has 1 aliphatic heterocycles. The fourth-order valence-electron chi connectivity index (χ4n) is 4.48. The van der Waals surface area contributed by atoms with Crippen molar-refractivity contribution in [2.75, 3.05) is 11.3 Å². The maximum Gasteiger partial charge on any atom is 0.303 e. The first-order valence-electron chi connectivity index (χ1n) is 13.9. The first-order chi connectivity index (χ1) is 22.2. The van der Waals surface area contributed by atoms with E-state index < -0.39 is 71.2 Å². The number of sulfonamides is 1. The average Bonchev–Trinajstić information content (AvgIpc) is 3.46. The molecule has 1 N–H and O–H groups in total. The van der Waals surface area contributed by atoms with Gasteiger partial charge in [0.2, 0.25) is 12.4 Å². The van der Waals surface area contributed by atoms with Crippen molar-refractivity contribution in [2.24, 2.45) is 4.99 Å². The number of benzene rings is 2. The second kappa shape index (κ2) is 15.1. The molecule has 0 spiro atoms. The van der Waals surface area contributed by atoms with Gasteiger partial charge in [-0.05, 0) is 55.2 Å². The Labute approximate surface area is 273 Å². The summed E-state index contributed by atoms with van der Waals surface area (Å²) >= 11 is 1.09. The largest absolute Gasteiger partial charge is 0.463 e. The van der Waals surface area contributed by atoms with Gasteiger partial charge in [-0.25, -0.2) is 13.4 Å². The lowest BCUT2D eigenvalue weighted by Crippen LogP contribution is -2.63. The number of nitrogens with one attached hydrogen (secondary N) is 1. The molecule has 250 valence electrons. The average molecular weight is 690 g/mol. The fourth-order valence-corrected chi connectivity index (χ4v) is 6.45. The summed E-state index contributed by atoms with van der Waals surface area (Å²) in [4.78, 5) is 55.7. The molecule has 3 aromatic rings. The van der Waals surface area contributed by atoms with E-state index in [-0.39, 0.29) is 15.8 Å². The Bertz CT molecular complexity index is 1720. The second-order valence-corrected chi connectivity index (χ2v) is 12.5. The lowest BCUT2D eigenvalue weighted by atomic mass is 9.98. The van der Waals surface area contributed by atoms with Gasteiger partial charge in [0, 0.05) is 38.6 Å². The van der Waals surface area contributed by atoms with Gasteiger partial charge in [0.05, 0.1) is 16.3 Å². The Morgan fingerprint density at radius 2 is 1.47 bits per heavy atom. The normalized spacial score (nSPS) is 20.7. The summed E-state index contributed by atoms with van der Waals surface area (Å²) in [6.45, 7) is 7.55. The van der Waals surface area contributed by atoms with Gasteiger partial charge in [0.15, 0.2) is 17.3 Å². The Kier molecular flexibility index (Phi) is 11.3. The minimum absolute atomic E-state index is 0.0327. The second-order valence-electron chi connectivity index (χ2n) is 10.0. The number of carbonyl (C=O) groups excluding carboxylic acids is 4. The molecule has 0 saturated carbocycles. The van der Waals surface area contributed by atoms with Crippen LogP contribution in [-0.2, 0) is 52.9 Å². The zero-order chi connectivity index (χ0) is 34.3. The Morgan fingerprint density at radius 3 is 2.04 bits per heavy atom. The van der Waals surface area contributed by atoms with Crippen LogP contribution >= 0.6 is 11.3 Å². The van der Waals surface area contributed by atoms with E-state index >= 15 is 0 Å². The van der Waals surface area contributed by atoms with E-state index in [4.69, 9.17) is 28.4 Å². The first kappa shape index (κ1) is 35.0. The van der Waals surface area contributed by atoms with Crippen LogP contribution in [0.5, 0.6) is 5.75 Å². The van der Waals surface area contributed by atoms with Gasteiger partial charge in [-0.15, -0.1) is 11.3 Å². The van der Waals surface area contributed by atoms with E-state index in [9.17, 15) is 27.6 Å². The molecular formula is C30H31N3O12S2. The van der Waals surface area contributed by atoms with Gasteiger partial charge < -0.3 is 28.4 Å². The number of carbonyl (C=O) groups is 4. The molecule has 5 atom stereocenters. The van der Waals surface area contributed by atoms with E-state index in [1.807, 2.05) is 0 Å². The monoisotopic (exact) mass is 689 g/mol. The van der Waals surface area contributed by atoms with Crippen LogP contribution in [0.25, 0.3) is 11.3 Å². The van der Waals surface area contributed by atoms with Crippen molar-refractivity contribution in [3.63, 3.8) is 0 Å². The van der Waals surface area contributed by atoms with E-state index in [2.05, 4.69) is 21.4 Å². The summed E-state index contributed by atoms with van der Waals surface area (Å²) in [5.74, 6) is -2.71. The highest BCUT2D eigenvalue weighted by Crippen LogP contribution is 2.33. The molecule has 0 radical (unpaired) electrons. The SMILES string of the molecule is C=Nc1ccc(S(=O)(=O)Nc2nc(-c3ccc(O[C@@H]4O[C@H](COC(C)=O)[C@@H](OC(C)=O)[C@H](OC(C)=O)[C@H]4OC(C)=O)cc3)cs2)cc1. The number of rotatable bonds is 12.